The van der Waals surface area contributed by atoms with Crippen LogP contribution < -0.4 is 10.1 Å². The Kier molecular flexibility index (Phi) is 5.79. The molecule has 1 aliphatic carbocycles. The molecule has 0 spiro atoms. The van der Waals surface area contributed by atoms with Crippen LogP contribution in [0.1, 0.15) is 50.6 Å². The summed E-state index contributed by atoms with van der Waals surface area (Å²) in [6.45, 7) is 3.36. The van der Waals surface area contributed by atoms with Crippen molar-refractivity contribution in [1.82, 2.24) is 5.32 Å². The van der Waals surface area contributed by atoms with Crippen molar-refractivity contribution in [3.05, 3.63) is 29.8 Å². The molecule has 1 fully saturated rings. The molecular formula is C17H27NOS. The lowest BCUT2D eigenvalue weighted by Crippen LogP contribution is -2.40. The summed E-state index contributed by atoms with van der Waals surface area (Å²) in [7, 11) is 1.71. The number of nitrogens with one attached hydrogen (secondary N) is 1. The maximum absolute atomic E-state index is 5.21. The lowest BCUT2D eigenvalue weighted by molar-refractivity contribution is 0.367. The molecule has 112 valence electrons. The second kappa shape index (κ2) is 7.37. The molecule has 1 aromatic rings. The highest BCUT2D eigenvalue weighted by molar-refractivity contribution is 8.00. The lowest BCUT2D eigenvalue weighted by atomic mass is 9.88. The third-order valence-corrected chi connectivity index (χ3v) is 5.96. The van der Waals surface area contributed by atoms with E-state index in [1.165, 1.54) is 37.7 Å². The molecule has 2 nitrogen and oxygen atoms in total. The average Bonchev–Trinajstić information content (AvgIpc) is 2.53. The normalized spacial score (nSPS) is 19.6. The number of hydrogen-bond acceptors (Lipinski definition) is 3. The fourth-order valence-electron chi connectivity index (χ4n) is 3.00. The first-order valence-corrected chi connectivity index (χ1v) is 8.84. The summed E-state index contributed by atoms with van der Waals surface area (Å²) >= 11 is 2.05. The Morgan fingerprint density at radius 2 is 1.85 bits per heavy atom. The van der Waals surface area contributed by atoms with Gasteiger partial charge in [-0.05, 0) is 43.7 Å². The van der Waals surface area contributed by atoms with Gasteiger partial charge in [-0.3, -0.25) is 0 Å². The predicted molar refractivity (Wildman–Crippen MR) is 88.7 cm³/mol. The molecule has 1 unspecified atom stereocenters. The fourth-order valence-corrected chi connectivity index (χ4v) is 3.92. The molecule has 0 saturated heterocycles. The summed E-state index contributed by atoms with van der Waals surface area (Å²) < 4.78 is 5.67. The largest absolute Gasteiger partial charge is 0.497 e. The van der Waals surface area contributed by atoms with Crippen LogP contribution in [0, 0.1) is 0 Å². The van der Waals surface area contributed by atoms with E-state index in [9.17, 15) is 0 Å². The van der Waals surface area contributed by atoms with Gasteiger partial charge in [0.1, 0.15) is 5.75 Å². The summed E-state index contributed by atoms with van der Waals surface area (Å²) in [6, 6.07) is 8.79. The van der Waals surface area contributed by atoms with Crippen LogP contribution in [0.15, 0.2) is 24.3 Å². The van der Waals surface area contributed by atoms with Crippen LogP contribution in [0.5, 0.6) is 5.75 Å². The standard InChI is InChI=1S/C17H27NOS/c1-14(15-7-9-16(19-2)10-8-15)18-13-17(20-3)11-5-4-6-12-17/h7-10,14,18H,4-6,11-13H2,1-3H3. The van der Waals surface area contributed by atoms with E-state index >= 15 is 0 Å². The molecule has 0 aliphatic heterocycles. The van der Waals surface area contributed by atoms with Gasteiger partial charge in [0, 0.05) is 17.3 Å². The van der Waals surface area contributed by atoms with Crippen LogP contribution in [0.25, 0.3) is 0 Å². The first-order chi connectivity index (χ1) is 9.69. The SMILES string of the molecule is COc1ccc(C(C)NCC2(SC)CCCCC2)cc1. The minimum Gasteiger partial charge on any atom is -0.497 e. The summed E-state index contributed by atoms with van der Waals surface area (Å²) in [6.07, 6.45) is 9.17. The van der Waals surface area contributed by atoms with Crippen LogP contribution in [0.2, 0.25) is 0 Å². The van der Waals surface area contributed by atoms with Gasteiger partial charge in [-0.25, -0.2) is 0 Å². The van der Waals surface area contributed by atoms with Crippen molar-refractivity contribution in [1.29, 1.82) is 0 Å². The van der Waals surface area contributed by atoms with Gasteiger partial charge in [-0.1, -0.05) is 31.4 Å². The Morgan fingerprint density at radius 1 is 1.20 bits per heavy atom. The van der Waals surface area contributed by atoms with Crippen LogP contribution in [0.3, 0.4) is 0 Å². The van der Waals surface area contributed by atoms with E-state index in [0.29, 0.717) is 10.8 Å². The smallest absolute Gasteiger partial charge is 0.118 e. The van der Waals surface area contributed by atoms with Crippen LogP contribution in [-0.2, 0) is 0 Å². The minimum atomic E-state index is 0.395. The summed E-state index contributed by atoms with van der Waals surface area (Å²) in [4.78, 5) is 0. The number of rotatable bonds is 6. The summed E-state index contributed by atoms with van der Waals surface area (Å²) in [5, 5.41) is 3.74. The van der Waals surface area contributed by atoms with Crippen LogP contribution >= 0.6 is 11.8 Å². The number of ether oxygens (including phenoxy) is 1. The van der Waals surface area contributed by atoms with Crippen LogP contribution in [0.4, 0.5) is 0 Å². The summed E-state index contributed by atoms with van der Waals surface area (Å²) in [5.74, 6) is 0.925. The molecule has 20 heavy (non-hydrogen) atoms. The third-order valence-electron chi connectivity index (χ3n) is 4.54. The quantitative estimate of drug-likeness (QED) is 0.839. The Morgan fingerprint density at radius 3 is 2.40 bits per heavy atom. The zero-order valence-corrected chi connectivity index (χ0v) is 13.8. The van der Waals surface area contributed by atoms with Crippen molar-refractivity contribution in [3.63, 3.8) is 0 Å². The highest BCUT2D eigenvalue weighted by atomic mass is 32.2. The molecule has 1 atom stereocenters. The van der Waals surface area contributed by atoms with Gasteiger partial charge in [0.25, 0.3) is 0 Å². The number of methoxy groups -OCH3 is 1. The number of thioether (sulfide) groups is 1. The molecule has 1 N–H and O–H groups in total. The highest BCUT2D eigenvalue weighted by Crippen LogP contribution is 2.38. The van der Waals surface area contributed by atoms with Gasteiger partial charge in [0.15, 0.2) is 0 Å². The first kappa shape index (κ1) is 15.7. The van der Waals surface area contributed by atoms with Gasteiger partial charge in [-0.15, -0.1) is 0 Å². The lowest BCUT2D eigenvalue weighted by Gasteiger charge is -2.37. The maximum atomic E-state index is 5.21. The van der Waals surface area contributed by atoms with Crippen LogP contribution in [-0.4, -0.2) is 24.7 Å². The molecule has 1 saturated carbocycles. The van der Waals surface area contributed by atoms with Crippen molar-refractivity contribution >= 4 is 11.8 Å². The molecule has 1 aromatic carbocycles. The van der Waals surface area contributed by atoms with Crippen molar-refractivity contribution in [2.75, 3.05) is 19.9 Å². The van der Waals surface area contributed by atoms with E-state index in [2.05, 4.69) is 42.4 Å². The van der Waals surface area contributed by atoms with Crippen molar-refractivity contribution < 1.29 is 4.74 Å². The van der Waals surface area contributed by atoms with Crippen molar-refractivity contribution in [2.45, 2.75) is 49.8 Å². The Bertz CT molecular complexity index is 398. The Hall–Kier alpha value is -0.670. The van der Waals surface area contributed by atoms with Gasteiger partial charge < -0.3 is 10.1 Å². The average molecular weight is 293 g/mol. The number of benzene rings is 1. The molecule has 0 aromatic heterocycles. The molecule has 0 amide bonds. The third kappa shape index (κ3) is 3.92. The molecule has 1 aliphatic rings. The van der Waals surface area contributed by atoms with E-state index < -0.39 is 0 Å². The van der Waals surface area contributed by atoms with E-state index in [4.69, 9.17) is 4.74 Å². The molecule has 0 radical (unpaired) electrons. The molecule has 0 heterocycles. The Labute approximate surface area is 127 Å². The highest BCUT2D eigenvalue weighted by Gasteiger charge is 2.31. The van der Waals surface area contributed by atoms with E-state index in [1.807, 2.05) is 12.1 Å². The predicted octanol–water partition coefficient (Wildman–Crippen LogP) is 4.41. The zero-order valence-electron chi connectivity index (χ0n) is 12.9. The maximum Gasteiger partial charge on any atom is 0.118 e. The molecule has 3 heteroatoms. The van der Waals surface area contributed by atoms with E-state index in [-0.39, 0.29) is 0 Å². The van der Waals surface area contributed by atoms with Crippen molar-refractivity contribution in [3.8, 4) is 5.75 Å². The zero-order chi connectivity index (χ0) is 14.4. The molecule has 2 rings (SSSR count). The molecular weight excluding hydrogens is 266 g/mol. The first-order valence-electron chi connectivity index (χ1n) is 7.62. The monoisotopic (exact) mass is 293 g/mol. The molecule has 0 bridgehead atoms. The second-order valence-corrected chi connectivity index (χ2v) is 7.10. The summed E-state index contributed by atoms with van der Waals surface area (Å²) in [5.41, 5.74) is 1.33. The van der Waals surface area contributed by atoms with Crippen molar-refractivity contribution in [2.24, 2.45) is 0 Å². The van der Waals surface area contributed by atoms with E-state index in [1.54, 1.807) is 7.11 Å². The number of hydrogen-bond donors (Lipinski definition) is 1. The van der Waals surface area contributed by atoms with Gasteiger partial charge in [-0.2, -0.15) is 11.8 Å². The fraction of sp³-hybridized carbons (Fsp3) is 0.647. The van der Waals surface area contributed by atoms with Gasteiger partial charge in [0.05, 0.1) is 7.11 Å². The Balaban J connectivity index is 1.91. The second-order valence-electron chi connectivity index (χ2n) is 5.82. The van der Waals surface area contributed by atoms with Gasteiger partial charge >= 0.3 is 0 Å². The topological polar surface area (TPSA) is 21.3 Å². The van der Waals surface area contributed by atoms with Gasteiger partial charge in [0.2, 0.25) is 0 Å². The minimum absolute atomic E-state index is 0.395. The van der Waals surface area contributed by atoms with E-state index in [0.717, 1.165) is 12.3 Å².